The molecule has 1 spiro atoms. The zero-order chi connectivity index (χ0) is 12.3. The first-order chi connectivity index (χ1) is 8.19. The van der Waals surface area contributed by atoms with Crippen LogP contribution in [0.2, 0.25) is 0 Å². The number of primary amides is 1. The van der Waals surface area contributed by atoms with Crippen LogP contribution in [0.15, 0.2) is 0 Å². The Hall–Kier alpha value is -0.810. The molecule has 2 saturated carbocycles. The molecule has 0 aromatic carbocycles. The monoisotopic (exact) mass is 241 g/mol. The molecule has 2 atom stereocenters. The van der Waals surface area contributed by atoms with Crippen LogP contribution in [0.1, 0.15) is 32.6 Å². The van der Waals surface area contributed by atoms with Crippen LogP contribution in [-0.4, -0.2) is 37.9 Å². The van der Waals surface area contributed by atoms with Gasteiger partial charge in [-0.2, -0.15) is 0 Å². The molecular weight excluding hydrogens is 218 g/mol. The summed E-state index contributed by atoms with van der Waals surface area (Å²) in [5.41, 5.74) is 5.40. The van der Waals surface area contributed by atoms with Crippen molar-refractivity contribution in [3.8, 4) is 0 Å². The minimum Gasteiger partial charge on any atom is -0.378 e. The fourth-order valence-corrected chi connectivity index (χ4v) is 3.16. The standard InChI is InChI=1S/C12H23N3O2/c1-2-17-10-8-9(12(10)4-3-5-12)14-6-7-15-11(13)16/h9-10,14H,2-8H2,1H3,(H3,13,15,16). The Morgan fingerprint density at radius 2 is 2.24 bits per heavy atom. The average molecular weight is 241 g/mol. The van der Waals surface area contributed by atoms with Gasteiger partial charge in [-0.05, 0) is 26.2 Å². The second-order valence-corrected chi connectivity index (χ2v) is 5.06. The van der Waals surface area contributed by atoms with E-state index >= 15 is 0 Å². The van der Waals surface area contributed by atoms with Crippen LogP contribution in [0.4, 0.5) is 4.79 Å². The third-order valence-corrected chi connectivity index (χ3v) is 4.25. The van der Waals surface area contributed by atoms with Gasteiger partial charge >= 0.3 is 6.03 Å². The van der Waals surface area contributed by atoms with Gasteiger partial charge in [0.25, 0.3) is 0 Å². The van der Waals surface area contributed by atoms with Gasteiger partial charge in [0.15, 0.2) is 0 Å². The van der Waals surface area contributed by atoms with E-state index in [2.05, 4.69) is 17.6 Å². The van der Waals surface area contributed by atoms with E-state index in [4.69, 9.17) is 10.5 Å². The summed E-state index contributed by atoms with van der Waals surface area (Å²) in [6.07, 6.45) is 5.42. The number of carbonyl (C=O) groups excluding carboxylic acids is 1. The summed E-state index contributed by atoms with van der Waals surface area (Å²) in [4.78, 5) is 10.5. The lowest BCUT2D eigenvalue weighted by Crippen LogP contribution is -2.67. The predicted octanol–water partition coefficient (Wildman–Crippen LogP) is 0.592. The topological polar surface area (TPSA) is 76.4 Å². The minimum absolute atomic E-state index is 0.392. The predicted molar refractivity (Wildman–Crippen MR) is 65.7 cm³/mol. The third-order valence-electron chi connectivity index (χ3n) is 4.25. The molecule has 2 aliphatic rings. The highest BCUT2D eigenvalue weighted by molar-refractivity contribution is 5.71. The lowest BCUT2D eigenvalue weighted by atomic mass is 9.51. The Kier molecular flexibility index (Phi) is 3.89. The number of nitrogens with two attached hydrogens (primary N) is 1. The highest BCUT2D eigenvalue weighted by Gasteiger charge is 2.58. The van der Waals surface area contributed by atoms with Crippen LogP contribution in [0.5, 0.6) is 0 Å². The first-order valence-electron chi connectivity index (χ1n) is 6.57. The Labute approximate surface area is 102 Å². The molecule has 5 nitrogen and oxygen atoms in total. The van der Waals surface area contributed by atoms with Gasteiger partial charge in [0, 0.05) is 31.2 Å². The Morgan fingerprint density at radius 3 is 2.76 bits per heavy atom. The van der Waals surface area contributed by atoms with E-state index in [1.807, 2.05) is 0 Å². The summed E-state index contributed by atoms with van der Waals surface area (Å²) >= 11 is 0. The fraction of sp³-hybridized carbons (Fsp3) is 0.917. The van der Waals surface area contributed by atoms with E-state index < -0.39 is 6.03 Å². The second-order valence-electron chi connectivity index (χ2n) is 5.06. The van der Waals surface area contributed by atoms with Gasteiger partial charge < -0.3 is 21.1 Å². The number of urea groups is 1. The van der Waals surface area contributed by atoms with Crippen molar-refractivity contribution >= 4 is 6.03 Å². The normalized spacial score (nSPS) is 29.5. The molecule has 98 valence electrons. The van der Waals surface area contributed by atoms with Crippen molar-refractivity contribution in [3.63, 3.8) is 0 Å². The summed E-state index contributed by atoms with van der Waals surface area (Å²) in [7, 11) is 0. The summed E-state index contributed by atoms with van der Waals surface area (Å²) in [6, 6.07) is 0.105. The van der Waals surface area contributed by atoms with Crippen molar-refractivity contribution in [3.05, 3.63) is 0 Å². The van der Waals surface area contributed by atoms with Crippen LogP contribution < -0.4 is 16.4 Å². The highest BCUT2D eigenvalue weighted by Crippen LogP contribution is 2.57. The quantitative estimate of drug-likeness (QED) is 0.596. The minimum atomic E-state index is -0.453. The third kappa shape index (κ3) is 2.40. The van der Waals surface area contributed by atoms with Crippen LogP contribution in [-0.2, 0) is 4.74 Å². The Morgan fingerprint density at radius 1 is 1.47 bits per heavy atom. The summed E-state index contributed by atoms with van der Waals surface area (Å²) < 4.78 is 5.78. The number of amides is 2. The largest absolute Gasteiger partial charge is 0.378 e. The van der Waals surface area contributed by atoms with Gasteiger partial charge in [-0.25, -0.2) is 4.79 Å². The first-order valence-corrected chi connectivity index (χ1v) is 6.57. The smallest absolute Gasteiger partial charge is 0.312 e. The van der Waals surface area contributed by atoms with E-state index in [0.29, 0.717) is 24.1 Å². The van der Waals surface area contributed by atoms with Gasteiger partial charge in [-0.15, -0.1) is 0 Å². The van der Waals surface area contributed by atoms with Crippen molar-refractivity contribution in [2.75, 3.05) is 19.7 Å². The molecule has 0 bridgehead atoms. The first kappa shape index (κ1) is 12.6. The number of ether oxygens (including phenoxy) is 1. The molecule has 0 heterocycles. The van der Waals surface area contributed by atoms with E-state index in [0.717, 1.165) is 19.6 Å². The molecule has 2 aliphatic carbocycles. The Bertz CT molecular complexity index is 279. The summed E-state index contributed by atoms with van der Waals surface area (Å²) in [5.74, 6) is 0. The van der Waals surface area contributed by atoms with Crippen LogP contribution >= 0.6 is 0 Å². The van der Waals surface area contributed by atoms with Crippen molar-refractivity contribution in [2.45, 2.75) is 44.8 Å². The Balaban J connectivity index is 1.70. The maximum atomic E-state index is 10.5. The highest BCUT2D eigenvalue weighted by atomic mass is 16.5. The molecule has 17 heavy (non-hydrogen) atoms. The van der Waals surface area contributed by atoms with Crippen molar-refractivity contribution < 1.29 is 9.53 Å². The van der Waals surface area contributed by atoms with E-state index in [1.165, 1.54) is 19.3 Å². The van der Waals surface area contributed by atoms with Gasteiger partial charge in [0.05, 0.1) is 6.10 Å². The zero-order valence-corrected chi connectivity index (χ0v) is 10.5. The van der Waals surface area contributed by atoms with Crippen LogP contribution in [0, 0.1) is 5.41 Å². The molecule has 0 aliphatic heterocycles. The number of rotatable bonds is 6. The molecule has 2 unspecified atom stereocenters. The van der Waals surface area contributed by atoms with Crippen LogP contribution in [0.25, 0.3) is 0 Å². The second kappa shape index (κ2) is 5.23. The van der Waals surface area contributed by atoms with E-state index in [1.54, 1.807) is 0 Å². The molecule has 0 aromatic heterocycles. The number of nitrogens with one attached hydrogen (secondary N) is 2. The van der Waals surface area contributed by atoms with Crippen molar-refractivity contribution in [1.29, 1.82) is 0 Å². The van der Waals surface area contributed by atoms with Gasteiger partial charge in [0.1, 0.15) is 0 Å². The fourth-order valence-electron chi connectivity index (χ4n) is 3.16. The molecule has 2 rings (SSSR count). The zero-order valence-electron chi connectivity index (χ0n) is 10.5. The van der Waals surface area contributed by atoms with E-state index in [-0.39, 0.29) is 0 Å². The molecular formula is C12H23N3O2. The molecule has 0 radical (unpaired) electrons. The maximum Gasteiger partial charge on any atom is 0.312 e. The van der Waals surface area contributed by atoms with Crippen molar-refractivity contribution in [2.24, 2.45) is 11.1 Å². The van der Waals surface area contributed by atoms with Crippen molar-refractivity contribution in [1.82, 2.24) is 10.6 Å². The number of hydrogen-bond donors (Lipinski definition) is 3. The maximum absolute atomic E-state index is 10.5. The van der Waals surface area contributed by atoms with Gasteiger partial charge in [0.2, 0.25) is 0 Å². The molecule has 0 aromatic rings. The average Bonchev–Trinajstić information content (AvgIpc) is 2.18. The molecule has 4 N–H and O–H groups in total. The SMILES string of the molecule is CCOC1CC(NCCNC(N)=O)C12CCC2. The molecule has 0 saturated heterocycles. The summed E-state index contributed by atoms with van der Waals surface area (Å²) in [5, 5.41) is 6.10. The molecule has 2 fully saturated rings. The lowest BCUT2D eigenvalue weighted by molar-refractivity contribution is -0.172. The number of hydrogen-bond acceptors (Lipinski definition) is 3. The van der Waals surface area contributed by atoms with Gasteiger partial charge in [-0.3, -0.25) is 0 Å². The lowest BCUT2D eigenvalue weighted by Gasteiger charge is -2.61. The number of carbonyl (C=O) groups is 1. The van der Waals surface area contributed by atoms with Crippen LogP contribution in [0.3, 0.4) is 0 Å². The molecule has 2 amide bonds. The molecule has 5 heteroatoms. The van der Waals surface area contributed by atoms with E-state index in [9.17, 15) is 4.79 Å². The van der Waals surface area contributed by atoms with Gasteiger partial charge in [-0.1, -0.05) is 6.42 Å². The summed E-state index contributed by atoms with van der Waals surface area (Å²) in [6.45, 7) is 4.25.